The number of nitrogens with one attached hydrogen (secondary N) is 1. The second-order valence-corrected chi connectivity index (χ2v) is 12.8. The molecule has 2 aromatic carbocycles. The van der Waals surface area contributed by atoms with E-state index in [1.54, 1.807) is 40.1 Å². The molecule has 2 aliphatic heterocycles. The van der Waals surface area contributed by atoms with Crippen LogP contribution in [-0.2, 0) is 11.8 Å². The molecule has 2 aromatic rings. The van der Waals surface area contributed by atoms with Crippen molar-refractivity contribution in [1.29, 1.82) is 0 Å². The second-order valence-electron chi connectivity index (χ2n) is 12.8. The SMILES string of the molecule is C[C@H]1CCC(c2cccc(C(F)(F)CCN(C)C)c2)=NC1.C[C@H]1CCC(c2cccc(C(F)(F)CCN(C)C)c2)NC1.[B].[H-].[Na+]. The first kappa shape index (κ1) is 40.8. The summed E-state index contributed by atoms with van der Waals surface area (Å²) in [5.74, 6) is -4.28. The van der Waals surface area contributed by atoms with E-state index < -0.39 is 11.8 Å². The minimum Gasteiger partial charge on any atom is -1.00 e. The third kappa shape index (κ3) is 12.9. The van der Waals surface area contributed by atoms with Crippen LogP contribution < -0.4 is 34.9 Å². The molecule has 0 aliphatic carbocycles. The average molecular weight is 626 g/mol. The number of benzene rings is 2. The fraction of sp³-hybridized carbons (Fsp3) is 0.618. The second kappa shape index (κ2) is 18.8. The zero-order chi connectivity index (χ0) is 30.9. The molecule has 44 heavy (non-hydrogen) atoms. The van der Waals surface area contributed by atoms with Crippen molar-refractivity contribution >= 4 is 14.1 Å². The molecule has 239 valence electrons. The first-order valence-electron chi connectivity index (χ1n) is 15.3. The van der Waals surface area contributed by atoms with Gasteiger partial charge >= 0.3 is 29.6 Å². The van der Waals surface area contributed by atoms with Gasteiger partial charge in [-0.05, 0) is 95.5 Å². The third-order valence-electron chi connectivity index (χ3n) is 8.20. The van der Waals surface area contributed by atoms with E-state index in [0.29, 0.717) is 24.9 Å². The van der Waals surface area contributed by atoms with E-state index in [9.17, 15) is 17.6 Å². The van der Waals surface area contributed by atoms with Crippen molar-refractivity contribution in [3.63, 3.8) is 0 Å². The molecule has 0 amide bonds. The predicted octanol–water partition coefficient (Wildman–Crippen LogP) is 4.48. The molecule has 3 radical (unpaired) electrons. The van der Waals surface area contributed by atoms with Crippen molar-refractivity contribution in [2.24, 2.45) is 16.8 Å². The van der Waals surface area contributed by atoms with Crippen LogP contribution in [0.2, 0.25) is 0 Å². The molecule has 0 aromatic heterocycles. The number of alkyl halides is 4. The average Bonchev–Trinajstić information content (AvgIpc) is 2.96. The summed E-state index contributed by atoms with van der Waals surface area (Å²) in [4.78, 5) is 8.12. The minimum absolute atomic E-state index is 0. The van der Waals surface area contributed by atoms with Crippen molar-refractivity contribution in [2.45, 2.75) is 70.3 Å². The predicted molar refractivity (Wildman–Crippen MR) is 173 cm³/mol. The summed E-state index contributed by atoms with van der Waals surface area (Å²) < 4.78 is 57.1. The van der Waals surface area contributed by atoms with Crippen LogP contribution in [0.4, 0.5) is 17.6 Å². The van der Waals surface area contributed by atoms with Crippen molar-refractivity contribution in [3.05, 3.63) is 70.8 Å². The van der Waals surface area contributed by atoms with Crippen LogP contribution in [-0.4, -0.2) is 78.3 Å². The Morgan fingerprint density at radius 2 is 1.39 bits per heavy atom. The van der Waals surface area contributed by atoms with Gasteiger partial charge in [-0.3, -0.25) is 4.99 Å². The summed E-state index contributed by atoms with van der Waals surface area (Å²) in [6, 6.07) is 13.9. The van der Waals surface area contributed by atoms with Crippen LogP contribution >= 0.6 is 0 Å². The largest absolute Gasteiger partial charge is 1.00 e. The molecule has 3 atom stereocenters. The standard InChI is InChI=1S/C17H26F2N2.C17H24F2N2.B.Na.H/c2*1-13-7-8-16(20-12-13)14-5-4-6-15(11-14)17(18,19)9-10-21(2)3;;;/h4-6,11,13,16,20H,7-10,12H2,1-3H3;4-6,11,13H,7-10,12H2,1-3H3;;;/q;;;+1;-1/t13-,16?;13-;;;/m00.../s1. The Kier molecular flexibility index (Phi) is 17.4. The Morgan fingerprint density at radius 1 is 0.818 bits per heavy atom. The van der Waals surface area contributed by atoms with Gasteiger partial charge in [0.2, 0.25) is 0 Å². The van der Waals surface area contributed by atoms with E-state index in [1.807, 2.05) is 40.3 Å². The van der Waals surface area contributed by atoms with Gasteiger partial charge in [0.15, 0.2) is 0 Å². The maximum atomic E-state index is 14.3. The number of aliphatic imine (C=N–C) groups is 1. The van der Waals surface area contributed by atoms with Gasteiger partial charge in [0.25, 0.3) is 11.8 Å². The summed E-state index contributed by atoms with van der Waals surface area (Å²) >= 11 is 0. The van der Waals surface area contributed by atoms with E-state index in [4.69, 9.17) is 0 Å². The summed E-state index contributed by atoms with van der Waals surface area (Å²) in [7, 11) is 7.26. The number of hydrogen-bond donors (Lipinski definition) is 1. The molecule has 2 heterocycles. The summed E-state index contributed by atoms with van der Waals surface area (Å²) in [5.41, 5.74) is 3.05. The molecule has 0 bridgehead atoms. The quantitative estimate of drug-likeness (QED) is 0.313. The molecule has 10 heteroatoms. The monoisotopic (exact) mass is 625 g/mol. The van der Waals surface area contributed by atoms with Crippen LogP contribution in [0.25, 0.3) is 0 Å². The Labute approximate surface area is 288 Å². The van der Waals surface area contributed by atoms with Crippen LogP contribution in [0.5, 0.6) is 0 Å². The molecule has 2 aliphatic rings. The van der Waals surface area contributed by atoms with E-state index in [1.165, 1.54) is 6.07 Å². The Bertz CT molecular complexity index is 1160. The zero-order valence-electron chi connectivity index (χ0n) is 28.9. The summed E-state index contributed by atoms with van der Waals surface area (Å²) in [5, 5.41) is 3.46. The van der Waals surface area contributed by atoms with E-state index in [2.05, 4.69) is 24.2 Å². The maximum Gasteiger partial charge on any atom is 1.00 e. The number of halogens is 4. The first-order valence-corrected chi connectivity index (χ1v) is 15.3. The molecular formula is C34H51BF4N4Na. The van der Waals surface area contributed by atoms with E-state index >= 15 is 0 Å². The van der Waals surface area contributed by atoms with Gasteiger partial charge < -0.3 is 16.5 Å². The van der Waals surface area contributed by atoms with Gasteiger partial charge in [-0.25, -0.2) is 17.6 Å². The molecule has 1 N–H and O–H groups in total. The summed E-state index contributed by atoms with van der Waals surface area (Å²) in [6.07, 6.45) is 3.84. The Balaban J connectivity index is 0.000000807. The van der Waals surface area contributed by atoms with Crippen molar-refractivity contribution in [2.75, 3.05) is 54.4 Å². The zero-order valence-corrected chi connectivity index (χ0v) is 29.9. The minimum atomic E-state index is -2.79. The van der Waals surface area contributed by atoms with Gasteiger partial charge in [0.05, 0.1) is 0 Å². The van der Waals surface area contributed by atoms with Crippen molar-refractivity contribution < 1.29 is 48.5 Å². The molecular weight excluding hydrogens is 574 g/mol. The Morgan fingerprint density at radius 3 is 1.89 bits per heavy atom. The van der Waals surface area contributed by atoms with Gasteiger partial charge in [-0.2, -0.15) is 0 Å². The van der Waals surface area contributed by atoms with Gasteiger partial charge in [0, 0.05) is 63.8 Å². The van der Waals surface area contributed by atoms with Crippen LogP contribution in [0, 0.1) is 11.8 Å². The molecule has 4 rings (SSSR count). The fourth-order valence-electron chi connectivity index (χ4n) is 5.26. The molecule has 1 saturated heterocycles. The maximum absolute atomic E-state index is 14.3. The molecule has 1 unspecified atom stereocenters. The van der Waals surface area contributed by atoms with Gasteiger partial charge in [-0.1, -0.05) is 50.2 Å². The number of nitrogens with zero attached hydrogens (tertiary/aromatic N) is 3. The Hall–Kier alpha value is -1.23. The smallest absolute Gasteiger partial charge is 1.00 e. The van der Waals surface area contributed by atoms with Gasteiger partial charge in [0.1, 0.15) is 0 Å². The molecule has 1 fully saturated rings. The molecule has 0 spiro atoms. The van der Waals surface area contributed by atoms with Crippen molar-refractivity contribution in [1.82, 2.24) is 15.1 Å². The summed E-state index contributed by atoms with van der Waals surface area (Å²) in [6.45, 7) is 6.91. The first-order chi connectivity index (χ1) is 19.8. The van der Waals surface area contributed by atoms with Crippen molar-refractivity contribution in [3.8, 4) is 0 Å². The molecule has 4 nitrogen and oxygen atoms in total. The normalized spacial score (nSPS) is 20.6. The number of hydrogen-bond acceptors (Lipinski definition) is 4. The fourth-order valence-corrected chi connectivity index (χ4v) is 5.26. The van der Waals surface area contributed by atoms with E-state index in [-0.39, 0.29) is 69.4 Å². The number of rotatable bonds is 10. The molecule has 0 saturated carbocycles. The van der Waals surface area contributed by atoms with Crippen LogP contribution in [0.1, 0.15) is 82.1 Å². The third-order valence-corrected chi connectivity index (χ3v) is 8.20. The van der Waals surface area contributed by atoms with E-state index in [0.717, 1.165) is 55.6 Å². The van der Waals surface area contributed by atoms with Gasteiger partial charge in [-0.15, -0.1) is 0 Å². The number of piperidine rings is 1. The topological polar surface area (TPSA) is 30.9 Å². The van der Waals surface area contributed by atoms with Crippen LogP contribution in [0.15, 0.2) is 53.5 Å². The van der Waals surface area contributed by atoms with Crippen LogP contribution in [0.3, 0.4) is 0 Å².